The summed E-state index contributed by atoms with van der Waals surface area (Å²) in [5.74, 6) is 0.295. The van der Waals surface area contributed by atoms with Crippen LogP contribution in [-0.4, -0.2) is 32.9 Å². The number of anilines is 4. The van der Waals surface area contributed by atoms with Crippen LogP contribution in [0.3, 0.4) is 0 Å². The van der Waals surface area contributed by atoms with E-state index in [1.54, 1.807) is 17.4 Å². The highest BCUT2D eigenvalue weighted by Crippen LogP contribution is 2.32. The van der Waals surface area contributed by atoms with Crippen LogP contribution in [0.15, 0.2) is 71.6 Å². The molecular weight excluding hydrogens is 508 g/mol. The van der Waals surface area contributed by atoms with Gasteiger partial charge in [-0.3, -0.25) is 4.55 Å². The second kappa shape index (κ2) is 9.19. The molecule has 0 unspecified atom stereocenters. The van der Waals surface area contributed by atoms with Gasteiger partial charge >= 0.3 is 0 Å². The summed E-state index contributed by atoms with van der Waals surface area (Å²) in [6.07, 6.45) is 0. The molecule has 2 aromatic heterocycles. The van der Waals surface area contributed by atoms with Crippen molar-refractivity contribution in [2.75, 3.05) is 10.6 Å². The molecule has 5 rings (SSSR count). The van der Waals surface area contributed by atoms with Gasteiger partial charge in [0.1, 0.15) is 5.01 Å². The van der Waals surface area contributed by atoms with Gasteiger partial charge < -0.3 is 10.6 Å². The maximum Gasteiger partial charge on any atom is 0.294 e. The minimum Gasteiger partial charge on any atom is -0.324 e. The fourth-order valence-corrected chi connectivity index (χ4v) is 5.10. The third kappa shape index (κ3) is 5.23. The lowest BCUT2D eigenvalue weighted by Crippen LogP contribution is -2.05. The van der Waals surface area contributed by atoms with Crippen LogP contribution in [0.25, 0.3) is 20.8 Å². The predicted molar refractivity (Wildman–Crippen MR) is 137 cm³/mol. The van der Waals surface area contributed by atoms with E-state index < -0.39 is 10.1 Å². The van der Waals surface area contributed by atoms with E-state index in [4.69, 9.17) is 16.6 Å². The molecule has 0 radical (unpaired) electrons. The number of hydrogen-bond donors (Lipinski definition) is 3. The molecule has 2 heterocycles. The Kier molecular flexibility index (Phi) is 6.07. The second-order valence-electron chi connectivity index (χ2n) is 7.52. The molecule has 9 nitrogen and oxygen atoms in total. The van der Waals surface area contributed by atoms with E-state index >= 15 is 0 Å². The van der Waals surface area contributed by atoms with Gasteiger partial charge in [-0.25, -0.2) is 4.98 Å². The van der Waals surface area contributed by atoms with Crippen LogP contribution in [0, 0.1) is 6.92 Å². The van der Waals surface area contributed by atoms with Crippen molar-refractivity contribution < 1.29 is 13.0 Å². The molecule has 0 amide bonds. The lowest BCUT2D eigenvalue weighted by molar-refractivity contribution is 0.483. The molecule has 5 aromatic rings. The van der Waals surface area contributed by atoms with Gasteiger partial charge in [0.15, 0.2) is 0 Å². The number of nitrogens with one attached hydrogen (secondary N) is 2. The van der Waals surface area contributed by atoms with Crippen LogP contribution in [0.4, 0.5) is 23.3 Å². The number of thiazole rings is 1. The van der Waals surface area contributed by atoms with E-state index in [0.29, 0.717) is 5.69 Å². The van der Waals surface area contributed by atoms with E-state index in [0.717, 1.165) is 32.0 Å². The number of para-hydroxylation sites is 1. The molecule has 0 bridgehead atoms. The number of benzene rings is 3. The Hall–Kier alpha value is -3.64. The minimum absolute atomic E-state index is 0.0580. The van der Waals surface area contributed by atoms with Crippen LogP contribution in [0.2, 0.25) is 5.28 Å². The van der Waals surface area contributed by atoms with E-state index in [2.05, 4.69) is 31.7 Å². The molecule has 0 spiro atoms. The van der Waals surface area contributed by atoms with Crippen molar-refractivity contribution in [2.45, 2.75) is 11.8 Å². The van der Waals surface area contributed by atoms with Crippen LogP contribution >= 0.6 is 22.9 Å². The molecule has 0 fully saturated rings. The van der Waals surface area contributed by atoms with Crippen molar-refractivity contribution in [1.82, 2.24) is 19.9 Å². The monoisotopic (exact) mass is 524 g/mol. The second-order valence-corrected chi connectivity index (χ2v) is 10.3. The van der Waals surface area contributed by atoms with Crippen LogP contribution in [-0.2, 0) is 10.1 Å². The van der Waals surface area contributed by atoms with Gasteiger partial charge in [0.25, 0.3) is 10.1 Å². The summed E-state index contributed by atoms with van der Waals surface area (Å²) in [5.41, 5.74) is 4.23. The van der Waals surface area contributed by atoms with Crippen molar-refractivity contribution >= 4 is 66.5 Å². The third-order valence-corrected chi connectivity index (χ3v) is 7.09. The van der Waals surface area contributed by atoms with Gasteiger partial charge in [-0.2, -0.15) is 23.4 Å². The highest BCUT2D eigenvalue weighted by Gasteiger charge is 2.12. The average Bonchev–Trinajstić information content (AvgIpc) is 3.25. The molecule has 0 aliphatic heterocycles. The minimum atomic E-state index is -4.34. The maximum atomic E-state index is 11.4. The first kappa shape index (κ1) is 23.1. The Bertz CT molecular complexity index is 1660. The summed E-state index contributed by atoms with van der Waals surface area (Å²) >= 11 is 7.70. The van der Waals surface area contributed by atoms with Gasteiger partial charge in [-0.05, 0) is 72.6 Å². The fraction of sp³-hybridized carbons (Fsp3) is 0.0435. The van der Waals surface area contributed by atoms with Crippen molar-refractivity contribution in [2.24, 2.45) is 0 Å². The number of hydrogen-bond acceptors (Lipinski definition) is 9. The van der Waals surface area contributed by atoms with Gasteiger partial charge in [0, 0.05) is 16.9 Å². The quantitative estimate of drug-likeness (QED) is 0.234. The molecule has 0 aliphatic carbocycles. The first-order chi connectivity index (χ1) is 16.7. The molecule has 3 aromatic carbocycles. The molecule has 35 heavy (non-hydrogen) atoms. The van der Waals surface area contributed by atoms with E-state index in [9.17, 15) is 13.0 Å². The standard InChI is InChI=1S/C23H17ClN6O3S2/c1-13-4-2-7-18-19(13)27-20(34-18)14-8-10-15(11-9-14)25-22-28-21(24)29-23(30-22)26-16-5-3-6-17(12-16)35(31,32)33/h2-12H,1H3,(H,31,32,33)(H2,25,26,28,29,30). The Labute approximate surface area is 209 Å². The predicted octanol–water partition coefficient (Wildman–Crippen LogP) is 5.84. The molecule has 0 aliphatic rings. The number of fused-ring (bicyclic) bond motifs is 1. The molecule has 3 N–H and O–H groups in total. The molecular formula is C23H17ClN6O3S2. The summed E-state index contributed by atoms with van der Waals surface area (Å²) in [4.78, 5) is 16.9. The SMILES string of the molecule is Cc1cccc2sc(-c3ccc(Nc4nc(Cl)nc(Nc5cccc(S(=O)(=O)O)c5)n4)cc3)nc12. The van der Waals surface area contributed by atoms with E-state index in [1.807, 2.05) is 43.3 Å². The maximum absolute atomic E-state index is 11.4. The number of aromatic nitrogens is 4. The first-order valence-corrected chi connectivity index (χ1v) is 12.9. The molecule has 0 saturated carbocycles. The fourth-order valence-electron chi connectivity index (χ4n) is 3.36. The summed E-state index contributed by atoms with van der Waals surface area (Å²) in [6.45, 7) is 2.05. The lowest BCUT2D eigenvalue weighted by Gasteiger charge is -2.09. The number of aryl methyl sites for hydroxylation is 1. The Balaban J connectivity index is 1.35. The first-order valence-electron chi connectivity index (χ1n) is 10.2. The largest absolute Gasteiger partial charge is 0.324 e. The highest BCUT2D eigenvalue weighted by atomic mass is 35.5. The Morgan fingerprint density at radius 2 is 1.54 bits per heavy atom. The summed E-state index contributed by atoms with van der Waals surface area (Å²) in [6, 6.07) is 19.4. The van der Waals surface area contributed by atoms with E-state index in [-0.39, 0.29) is 22.1 Å². The van der Waals surface area contributed by atoms with Crippen LogP contribution < -0.4 is 10.6 Å². The zero-order valence-electron chi connectivity index (χ0n) is 18.1. The smallest absolute Gasteiger partial charge is 0.294 e. The van der Waals surface area contributed by atoms with Crippen molar-refractivity contribution in [3.05, 3.63) is 77.6 Å². The number of rotatable bonds is 6. The molecule has 0 saturated heterocycles. The zero-order chi connectivity index (χ0) is 24.6. The van der Waals surface area contributed by atoms with Crippen molar-refractivity contribution in [3.63, 3.8) is 0 Å². The van der Waals surface area contributed by atoms with E-state index in [1.165, 1.54) is 18.2 Å². The van der Waals surface area contributed by atoms with Crippen molar-refractivity contribution in [3.8, 4) is 10.6 Å². The third-order valence-electron chi connectivity index (χ3n) is 5.00. The topological polar surface area (TPSA) is 130 Å². The van der Waals surface area contributed by atoms with Crippen LogP contribution in [0.1, 0.15) is 5.56 Å². The lowest BCUT2D eigenvalue weighted by atomic mass is 10.2. The van der Waals surface area contributed by atoms with Gasteiger partial charge in [0.05, 0.1) is 15.1 Å². The van der Waals surface area contributed by atoms with Crippen molar-refractivity contribution in [1.29, 1.82) is 0 Å². The zero-order valence-corrected chi connectivity index (χ0v) is 20.5. The highest BCUT2D eigenvalue weighted by molar-refractivity contribution is 7.85. The van der Waals surface area contributed by atoms with Gasteiger partial charge in [-0.1, -0.05) is 18.2 Å². The molecule has 176 valence electrons. The Morgan fingerprint density at radius 3 is 2.23 bits per heavy atom. The summed E-state index contributed by atoms with van der Waals surface area (Å²) in [7, 11) is -4.34. The van der Waals surface area contributed by atoms with Crippen LogP contribution in [0.5, 0.6) is 0 Å². The average molecular weight is 525 g/mol. The van der Waals surface area contributed by atoms with Gasteiger partial charge in [-0.15, -0.1) is 11.3 Å². The number of halogens is 1. The summed E-state index contributed by atoms with van der Waals surface area (Å²) in [5, 5.41) is 6.82. The Morgan fingerprint density at radius 1 is 0.857 bits per heavy atom. The molecule has 0 atom stereocenters. The number of nitrogens with zero attached hydrogens (tertiary/aromatic N) is 4. The van der Waals surface area contributed by atoms with Gasteiger partial charge in [0.2, 0.25) is 17.2 Å². The summed E-state index contributed by atoms with van der Waals surface area (Å²) < 4.78 is 33.1. The molecule has 12 heteroatoms. The normalized spacial score (nSPS) is 11.5.